The van der Waals surface area contributed by atoms with E-state index in [0.717, 1.165) is 11.3 Å². The highest BCUT2D eigenvalue weighted by Crippen LogP contribution is 2.32. The molecule has 0 radical (unpaired) electrons. The van der Waals surface area contributed by atoms with Crippen molar-refractivity contribution in [2.45, 2.75) is 27.2 Å². The molecule has 1 unspecified atom stereocenters. The third kappa shape index (κ3) is 2.62. The SMILES string of the molecule is CC(C)(C)C(=O)N1CC(C(=O)O)Cc2ccccc21. The van der Waals surface area contributed by atoms with E-state index < -0.39 is 17.3 Å². The average Bonchev–Trinajstić information content (AvgIpc) is 2.35. The number of fused-ring (bicyclic) bond motifs is 1. The van der Waals surface area contributed by atoms with Crippen LogP contribution in [0.3, 0.4) is 0 Å². The fraction of sp³-hybridized carbons (Fsp3) is 0.467. The van der Waals surface area contributed by atoms with Crippen LogP contribution in [0.4, 0.5) is 5.69 Å². The number of carboxylic acid groups (broad SMARTS) is 1. The normalized spacial score (nSPS) is 18.9. The van der Waals surface area contributed by atoms with Gasteiger partial charge < -0.3 is 10.0 Å². The van der Waals surface area contributed by atoms with Gasteiger partial charge in [-0.05, 0) is 18.1 Å². The van der Waals surface area contributed by atoms with E-state index in [-0.39, 0.29) is 12.5 Å². The number of hydrogen-bond acceptors (Lipinski definition) is 2. The summed E-state index contributed by atoms with van der Waals surface area (Å²) in [5.41, 5.74) is 1.26. The number of para-hydroxylation sites is 1. The zero-order valence-electron chi connectivity index (χ0n) is 11.5. The number of rotatable bonds is 1. The lowest BCUT2D eigenvalue weighted by Crippen LogP contribution is -2.47. The van der Waals surface area contributed by atoms with Crippen LogP contribution >= 0.6 is 0 Å². The Kier molecular flexibility index (Phi) is 3.35. The third-order valence-corrected chi connectivity index (χ3v) is 3.39. The highest BCUT2D eigenvalue weighted by Gasteiger charge is 2.36. The predicted molar refractivity (Wildman–Crippen MR) is 73.1 cm³/mol. The standard InChI is InChI=1S/C15H19NO3/c1-15(2,3)14(19)16-9-11(13(17)18)8-10-6-4-5-7-12(10)16/h4-7,11H,8-9H2,1-3H3,(H,17,18). The molecule has 1 heterocycles. The highest BCUT2D eigenvalue weighted by atomic mass is 16.4. The number of aliphatic carboxylic acids is 1. The van der Waals surface area contributed by atoms with Crippen molar-refractivity contribution in [3.63, 3.8) is 0 Å². The van der Waals surface area contributed by atoms with Crippen molar-refractivity contribution in [2.75, 3.05) is 11.4 Å². The Labute approximate surface area is 113 Å². The molecule has 0 bridgehead atoms. The Bertz CT molecular complexity index is 516. The molecule has 1 amide bonds. The van der Waals surface area contributed by atoms with Gasteiger partial charge in [0, 0.05) is 17.6 Å². The number of carboxylic acids is 1. The molecule has 1 aliphatic heterocycles. The van der Waals surface area contributed by atoms with Crippen LogP contribution in [-0.4, -0.2) is 23.5 Å². The van der Waals surface area contributed by atoms with Gasteiger partial charge in [-0.3, -0.25) is 9.59 Å². The number of amides is 1. The van der Waals surface area contributed by atoms with Crippen molar-refractivity contribution in [3.8, 4) is 0 Å². The van der Waals surface area contributed by atoms with Crippen molar-refractivity contribution in [1.29, 1.82) is 0 Å². The van der Waals surface area contributed by atoms with Gasteiger partial charge in [0.05, 0.1) is 5.92 Å². The molecular formula is C15H19NO3. The third-order valence-electron chi connectivity index (χ3n) is 3.39. The number of carbonyl (C=O) groups excluding carboxylic acids is 1. The van der Waals surface area contributed by atoms with Crippen molar-refractivity contribution in [3.05, 3.63) is 29.8 Å². The fourth-order valence-electron chi connectivity index (χ4n) is 2.36. The first-order chi connectivity index (χ1) is 8.80. The molecule has 2 rings (SSSR count). The van der Waals surface area contributed by atoms with Crippen LogP contribution in [0.1, 0.15) is 26.3 Å². The molecule has 4 nitrogen and oxygen atoms in total. The molecular weight excluding hydrogens is 242 g/mol. The minimum Gasteiger partial charge on any atom is -0.481 e. The number of anilines is 1. The van der Waals surface area contributed by atoms with Crippen LogP contribution in [0.2, 0.25) is 0 Å². The molecule has 0 aromatic heterocycles. The summed E-state index contributed by atoms with van der Waals surface area (Å²) in [7, 11) is 0. The first kappa shape index (κ1) is 13.6. The quantitative estimate of drug-likeness (QED) is 0.844. The molecule has 0 spiro atoms. The first-order valence-corrected chi connectivity index (χ1v) is 6.43. The largest absolute Gasteiger partial charge is 0.481 e. The average molecular weight is 261 g/mol. The summed E-state index contributed by atoms with van der Waals surface area (Å²) in [5, 5.41) is 9.23. The second-order valence-electron chi connectivity index (χ2n) is 6.03. The van der Waals surface area contributed by atoms with Crippen molar-refractivity contribution < 1.29 is 14.7 Å². The summed E-state index contributed by atoms with van der Waals surface area (Å²) >= 11 is 0. The molecule has 1 N–H and O–H groups in total. The Morgan fingerprint density at radius 1 is 1.26 bits per heavy atom. The summed E-state index contributed by atoms with van der Waals surface area (Å²) in [6, 6.07) is 7.54. The van der Waals surface area contributed by atoms with Crippen molar-refractivity contribution in [1.82, 2.24) is 0 Å². The Morgan fingerprint density at radius 2 is 1.89 bits per heavy atom. The van der Waals surface area contributed by atoms with Gasteiger partial charge in [0.25, 0.3) is 0 Å². The lowest BCUT2D eigenvalue weighted by molar-refractivity contribution is -0.141. The molecule has 1 atom stereocenters. The molecule has 0 fully saturated rings. The molecule has 0 aliphatic carbocycles. The smallest absolute Gasteiger partial charge is 0.308 e. The molecule has 19 heavy (non-hydrogen) atoms. The van der Waals surface area contributed by atoms with Crippen LogP contribution < -0.4 is 4.90 Å². The van der Waals surface area contributed by atoms with Crippen molar-refractivity contribution in [2.24, 2.45) is 11.3 Å². The second kappa shape index (κ2) is 4.68. The Morgan fingerprint density at radius 3 is 2.47 bits per heavy atom. The molecule has 0 saturated carbocycles. The molecule has 1 aliphatic rings. The molecule has 1 aromatic rings. The summed E-state index contributed by atoms with van der Waals surface area (Å²) in [6.07, 6.45) is 0.486. The number of hydrogen-bond donors (Lipinski definition) is 1. The number of benzene rings is 1. The van der Waals surface area contributed by atoms with Gasteiger partial charge >= 0.3 is 5.97 Å². The van der Waals surface area contributed by atoms with Crippen molar-refractivity contribution >= 4 is 17.6 Å². The van der Waals surface area contributed by atoms with Gasteiger partial charge in [-0.1, -0.05) is 39.0 Å². The van der Waals surface area contributed by atoms with Gasteiger partial charge in [0.1, 0.15) is 0 Å². The minimum absolute atomic E-state index is 0.0362. The zero-order valence-corrected chi connectivity index (χ0v) is 11.5. The van der Waals surface area contributed by atoms with E-state index in [1.807, 2.05) is 45.0 Å². The van der Waals surface area contributed by atoms with E-state index in [1.54, 1.807) is 4.90 Å². The Balaban J connectivity index is 2.42. The van der Waals surface area contributed by atoms with Gasteiger partial charge in [0.2, 0.25) is 5.91 Å². The lowest BCUT2D eigenvalue weighted by Gasteiger charge is -2.36. The van der Waals surface area contributed by atoms with Gasteiger partial charge in [-0.15, -0.1) is 0 Å². The number of nitrogens with zero attached hydrogens (tertiary/aromatic N) is 1. The number of carbonyl (C=O) groups is 2. The molecule has 1 aromatic carbocycles. The topological polar surface area (TPSA) is 57.6 Å². The maximum Gasteiger partial charge on any atom is 0.308 e. The van der Waals surface area contributed by atoms with E-state index in [0.29, 0.717) is 6.42 Å². The second-order valence-corrected chi connectivity index (χ2v) is 6.03. The highest BCUT2D eigenvalue weighted by molar-refractivity contribution is 5.98. The van der Waals surface area contributed by atoms with Crippen LogP contribution in [0.5, 0.6) is 0 Å². The maximum atomic E-state index is 12.5. The van der Waals surface area contributed by atoms with Crippen LogP contribution in [0.15, 0.2) is 24.3 Å². The van der Waals surface area contributed by atoms with Gasteiger partial charge in [0.15, 0.2) is 0 Å². The summed E-state index contributed by atoms with van der Waals surface area (Å²) in [6.45, 7) is 5.80. The zero-order chi connectivity index (χ0) is 14.2. The fourth-order valence-corrected chi connectivity index (χ4v) is 2.36. The van der Waals surface area contributed by atoms with E-state index >= 15 is 0 Å². The monoisotopic (exact) mass is 261 g/mol. The van der Waals surface area contributed by atoms with Gasteiger partial charge in [-0.2, -0.15) is 0 Å². The van der Waals surface area contributed by atoms with E-state index in [9.17, 15) is 14.7 Å². The van der Waals surface area contributed by atoms with Crippen LogP contribution in [0.25, 0.3) is 0 Å². The van der Waals surface area contributed by atoms with E-state index in [4.69, 9.17) is 0 Å². The lowest BCUT2D eigenvalue weighted by atomic mass is 9.88. The van der Waals surface area contributed by atoms with Crippen LogP contribution in [-0.2, 0) is 16.0 Å². The predicted octanol–water partition coefficient (Wildman–Crippen LogP) is 2.32. The maximum absolute atomic E-state index is 12.5. The molecule has 0 saturated heterocycles. The minimum atomic E-state index is -0.846. The first-order valence-electron chi connectivity index (χ1n) is 6.43. The summed E-state index contributed by atoms with van der Waals surface area (Å²) in [5.74, 6) is -1.41. The Hall–Kier alpha value is -1.84. The van der Waals surface area contributed by atoms with Crippen LogP contribution in [0, 0.1) is 11.3 Å². The molecule has 102 valence electrons. The van der Waals surface area contributed by atoms with Gasteiger partial charge in [-0.25, -0.2) is 0 Å². The van der Waals surface area contributed by atoms with E-state index in [2.05, 4.69) is 0 Å². The van der Waals surface area contributed by atoms with E-state index in [1.165, 1.54) is 0 Å². The summed E-state index contributed by atoms with van der Waals surface area (Å²) < 4.78 is 0. The summed E-state index contributed by atoms with van der Waals surface area (Å²) in [4.78, 5) is 25.4. The molecule has 4 heteroatoms.